The van der Waals surface area contributed by atoms with Crippen LogP contribution in [0.4, 0.5) is 0 Å². The highest BCUT2D eigenvalue weighted by Gasteiger charge is 2.22. The zero-order valence-corrected chi connectivity index (χ0v) is 17.2. The summed E-state index contributed by atoms with van der Waals surface area (Å²) in [4.78, 5) is 31.5. The number of carbonyl (C=O) groups excluding carboxylic acids is 1. The lowest BCUT2D eigenvalue weighted by Gasteiger charge is -2.16. The van der Waals surface area contributed by atoms with E-state index in [0.29, 0.717) is 29.1 Å². The van der Waals surface area contributed by atoms with Crippen molar-refractivity contribution in [3.63, 3.8) is 0 Å². The van der Waals surface area contributed by atoms with Gasteiger partial charge in [0.1, 0.15) is 6.04 Å². The number of aromatic amines is 1. The maximum atomic E-state index is 12.9. The van der Waals surface area contributed by atoms with E-state index >= 15 is 0 Å². The normalized spacial score (nSPS) is 11.2. The van der Waals surface area contributed by atoms with E-state index in [1.807, 2.05) is 42.7 Å². The van der Waals surface area contributed by atoms with Crippen LogP contribution in [0.3, 0.4) is 0 Å². The Kier molecular flexibility index (Phi) is 7.30. The fourth-order valence-electron chi connectivity index (χ4n) is 2.87. The summed E-state index contributed by atoms with van der Waals surface area (Å²) >= 11 is 1.54. The Morgan fingerprint density at radius 1 is 1.20 bits per heavy atom. The molecule has 1 heterocycles. The summed E-state index contributed by atoms with van der Waals surface area (Å²) in [5.74, 6) is 5.71. The molecule has 0 saturated heterocycles. The van der Waals surface area contributed by atoms with Crippen molar-refractivity contribution < 1.29 is 14.7 Å². The van der Waals surface area contributed by atoms with Gasteiger partial charge in [0.25, 0.3) is 5.91 Å². The van der Waals surface area contributed by atoms with Gasteiger partial charge in [0.05, 0.1) is 0 Å². The van der Waals surface area contributed by atoms with Gasteiger partial charge < -0.3 is 15.4 Å². The zero-order chi connectivity index (χ0) is 21.3. The molecule has 2 aromatic carbocycles. The molecule has 3 N–H and O–H groups in total. The molecule has 0 bridgehead atoms. The molecule has 0 spiro atoms. The van der Waals surface area contributed by atoms with Gasteiger partial charge in [-0.15, -0.1) is 0 Å². The van der Waals surface area contributed by atoms with E-state index in [1.54, 1.807) is 24.5 Å². The highest BCUT2D eigenvalue weighted by atomic mass is 32.2. The van der Waals surface area contributed by atoms with Gasteiger partial charge in [-0.2, -0.15) is 11.8 Å². The summed E-state index contributed by atoms with van der Waals surface area (Å²) in [5, 5.41) is 12.1. The smallest absolute Gasteiger partial charge is 0.326 e. The number of benzene rings is 2. The van der Waals surface area contributed by atoms with E-state index in [0.717, 1.165) is 11.1 Å². The first-order valence-corrected chi connectivity index (χ1v) is 10.7. The molecule has 3 aromatic rings. The van der Waals surface area contributed by atoms with E-state index in [4.69, 9.17) is 0 Å². The maximum absolute atomic E-state index is 12.9. The highest BCUT2D eigenvalue weighted by Crippen LogP contribution is 2.25. The van der Waals surface area contributed by atoms with Gasteiger partial charge >= 0.3 is 5.97 Å². The number of nitrogens with one attached hydrogen (secondary N) is 2. The molecule has 1 amide bonds. The minimum Gasteiger partial charge on any atom is -0.480 e. The number of hydrogen-bond acceptors (Lipinski definition) is 4. The quantitative estimate of drug-likeness (QED) is 0.510. The molecule has 30 heavy (non-hydrogen) atoms. The number of imidazole rings is 1. The number of carboxylic acid groups (broad SMARTS) is 1. The van der Waals surface area contributed by atoms with Gasteiger partial charge in [0.15, 0.2) is 5.82 Å². The average Bonchev–Trinajstić information content (AvgIpc) is 3.29. The van der Waals surface area contributed by atoms with Crippen molar-refractivity contribution in [3.05, 3.63) is 77.9 Å². The largest absolute Gasteiger partial charge is 0.480 e. The van der Waals surface area contributed by atoms with Gasteiger partial charge in [-0.05, 0) is 53.7 Å². The molecule has 1 unspecified atom stereocenters. The average molecular weight is 420 g/mol. The van der Waals surface area contributed by atoms with Gasteiger partial charge in [0, 0.05) is 23.5 Å². The number of aliphatic carboxylic acids is 1. The Morgan fingerprint density at radius 2 is 2.00 bits per heavy atom. The first-order valence-electron chi connectivity index (χ1n) is 9.32. The Balaban J connectivity index is 1.94. The number of rotatable bonds is 7. The number of amides is 1. The molecule has 1 atom stereocenters. The number of hydrogen-bond donors (Lipinski definition) is 3. The minimum absolute atomic E-state index is 0.357. The summed E-state index contributed by atoms with van der Waals surface area (Å²) in [6.45, 7) is 0. The molecule has 0 aliphatic carbocycles. The fraction of sp³-hybridized carbons (Fsp3) is 0.174. The second-order valence-corrected chi connectivity index (χ2v) is 7.45. The molecule has 1 aromatic heterocycles. The molecule has 0 aliphatic heterocycles. The van der Waals surface area contributed by atoms with Crippen molar-refractivity contribution in [1.82, 2.24) is 15.3 Å². The van der Waals surface area contributed by atoms with Crippen molar-refractivity contribution in [3.8, 4) is 23.0 Å². The van der Waals surface area contributed by atoms with Crippen LogP contribution < -0.4 is 5.32 Å². The van der Waals surface area contributed by atoms with Crippen LogP contribution in [0.2, 0.25) is 0 Å². The van der Waals surface area contributed by atoms with E-state index in [1.165, 1.54) is 11.8 Å². The summed E-state index contributed by atoms with van der Waals surface area (Å²) in [6.07, 6.45) is 5.58. The highest BCUT2D eigenvalue weighted by molar-refractivity contribution is 7.98. The van der Waals surface area contributed by atoms with Crippen molar-refractivity contribution in [2.24, 2.45) is 0 Å². The van der Waals surface area contributed by atoms with Crippen molar-refractivity contribution in [1.29, 1.82) is 0 Å². The molecule has 0 fully saturated rings. The second-order valence-electron chi connectivity index (χ2n) is 6.46. The van der Waals surface area contributed by atoms with Crippen LogP contribution in [0, 0.1) is 11.8 Å². The predicted octanol–water partition coefficient (Wildman–Crippen LogP) is 3.41. The third-order valence-corrected chi connectivity index (χ3v) is 5.03. The molecule has 6 nitrogen and oxygen atoms in total. The number of thioether (sulfide) groups is 1. The molecular formula is C23H21N3O3S. The zero-order valence-electron chi connectivity index (χ0n) is 16.4. The molecule has 0 saturated carbocycles. The van der Waals surface area contributed by atoms with E-state index in [-0.39, 0.29) is 0 Å². The summed E-state index contributed by atoms with van der Waals surface area (Å²) in [5.41, 5.74) is 2.66. The second kappa shape index (κ2) is 10.3. The maximum Gasteiger partial charge on any atom is 0.326 e. The van der Waals surface area contributed by atoms with Gasteiger partial charge in [-0.1, -0.05) is 36.3 Å². The van der Waals surface area contributed by atoms with Gasteiger partial charge in [-0.3, -0.25) is 4.79 Å². The Hall–Kier alpha value is -3.50. The number of aromatic nitrogens is 2. The first kappa shape index (κ1) is 21.2. The Morgan fingerprint density at radius 3 is 2.67 bits per heavy atom. The van der Waals surface area contributed by atoms with Crippen LogP contribution in [0.25, 0.3) is 11.1 Å². The molecule has 7 heteroatoms. The van der Waals surface area contributed by atoms with Crippen molar-refractivity contribution >= 4 is 23.6 Å². The van der Waals surface area contributed by atoms with Crippen LogP contribution in [-0.4, -0.2) is 45.0 Å². The first-order chi connectivity index (χ1) is 14.6. The lowest BCUT2D eigenvalue weighted by Crippen LogP contribution is -2.41. The number of carbonyl (C=O) groups is 2. The third kappa shape index (κ3) is 5.52. The number of carboxylic acids is 1. The summed E-state index contributed by atoms with van der Waals surface area (Å²) in [7, 11) is 0. The van der Waals surface area contributed by atoms with Crippen LogP contribution in [-0.2, 0) is 4.79 Å². The van der Waals surface area contributed by atoms with E-state index in [9.17, 15) is 14.7 Å². The molecule has 0 radical (unpaired) electrons. The molecule has 0 aliphatic rings. The van der Waals surface area contributed by atoms with Crippen LogP contribution in [0.15, 0.2) is 60.9 Å². The Labute approximate surface area is 179 Å². The molecule has 152 valence electrons. The fourth-order valence-corrected chi connectivity index (χ4v) is 3.34. The van der Waals surface area contributed by atoms with Gasteiger partial charge in [-0.25, -0.2) is 9.78 Å². The predicted molar refractivity (Wildman–Crippen MR) is 118 cm³/mol. The van der Waals surface area contributed by atoms with Crippen LogP contribution in [0.5, 0.6) is 0 Å². The Bertz CT molecular complexity index is 1070. The lowest BCUT2D eigenvalue weighted by atomic mass is 9.96. The van der Waals surface area contributed by atoms with Crippen molar-refractivity contribution in [2.45, 2.75) is 12.5 Å². The van der Waals surface area contributed by atoms with Gasteiger partial charge in [0.2, 0.25) is 0 Å². The lowest BCUT2D eigenvalue weighted by molar-refractivity contribution is -0.139. The van der Waals surface area contributed by atoms with Crippen molar-refractivity contribution in [2.75, 3.05) is 12.0 Å². The van der Waals surface area contributed by atoms with Crippen LogP contribution >= 0.6 is 11.8 Å². The number of H-pyrrole nitrogens is 1. The molecule has 3 rings (SSSR count). The minimum atomic E-state index is -1.04. The SMILES string of the molecule is CSCCC(NC(=O)c1ccc(C#Cc2ncc[nH]2)cc1-c1ccccc1)C(=O)O. The molecular weight excluding hydrogens is 398 g/mol. The van der Waals surface area contributed by atoms with Crippen LogP contribution in [0.1, 0.15) is 28.2 Å². The monoisotopic (exact) mass is 419 g/mol. The topological polar surface area (TPSA) is 95.1 Å². The van der Waals surface area contributed by atoms with E-state index in [2.05, 4.69) is 27.1 Å². The third-order valence-electron chi connectivity index (χ3n) is 4.39. The summed E-state index contributed by atoms with van der Waals surface area (Å²) in [6, 6.07) is 13.8. The number of nitrogens with zero attached hydrogens (tertiary/aromatic N) is 1. The standard InChI is InChI=1S/C23H21N3O3S/c1-30-14-11-20(23(28)29)26-22(27)18-9-7-16(8-10-21-24-12-13-25-21)15-19(18)17-5-3-2-4-6-17/h2-7,9,12-13,15,20H,11,14H2,1H3,(H,24,25)(H,26,27)(H,28,29). The van der Waals surface area contributed by atoms with E-state index < -0.39 is 17.9 Å². The summed E-state index contributed by atoms with van der Waals surface area (Å²) < 4.78 is 0.